The number of aromatic amines is 1. The number of benzene rings is 2. The second kappa shape index (κ2) is 9.50. The number of nitrogens with zero attached hydrogens (tertiary/aromatic N) is 1. The monoisotopic (exact) mass is 488 g/mol. The van der Waals surface area contributed by atoms with Crippen LogP contribution in [0, 0.1) is 0 Å². The van der Waals surface area contributed by atoms with Gasteiger partial charge in [-0.05, 0) is 49.2 Å². The molecule has 1 atom stereocenters. The molecule has 0 saturated carbocycles. The topological polar surface area (TPSA) is 75.2 Å². The average molecular weight is 489 g/mol. The van der Waals surface area contributed by atoms with Crippen molar-refractivity contribution >= 4 is 28.2 Å². The first kappa shape index (κ1) is 23.8. The zero-order valence-corrected chi connectivity index (χ0v) is 19.4. The fourth-order valence-corrected chi connectivity index (χ4v) is 4.80. The van der Waals surface area contributed by atoms with Crippen LogP contribution in [0.5, 0.6) is 5.75 Å². The first-order chi connectivity index (χ1) is 16.2. The number of hydrogen-bond acceptors (Lipinski definition) is 4. The number of aliphatic carboxylic acids is 1. The standard InChI is InChI=1S/C25H23F3N2O3S/c1-3-22-21(30-23(34-22)15-4-6-16(7-5-15)25(26,27)28)10-11-33-17-8-9-20-18(12-17)19(13-29-20)14(2)24(31)32/h4-9,12-14,29H,3,10-11H2,1-2H3,(H,31,32). The van der Waals surface area contributed by atoms with Crippen molar-refractivity contribution in [3.8, 4) is 16.3 Å². The van der Waals surface area contributed by atoms with Gasteiger partial charge in [0.05, 0.1) is 23.8 Å². The maximum absolute atomic E-state index is 12.8. The predicted molar refractivity (Wildman–Crippen MR) is 125 cm³/mol. The van der Waals surface area contributed by atoms with Crippen molar-refractivity contribution in [3.63, 3.8) is 0 Å². The van der Waals surface area contributed by atoms with E-state index in [0.29, 0.717) is 34.9 Å². The van der Waals surface area contributed by atoms with Gasteiger partial charge in [-0.25, -0.2) is 4.98 Å². The first-order valence-electron chi connectivity index (χ1n) is 10.8. The van der Waals surface area contributed by atoms with Crippen LogP contribution in [0.15, 0.2) is 48.7 Å². The van der Waals surface area contributed by atoms with Gasteiger partial charge < -0.3 is 14.8 Å². The molecular weight excluding hydrogens is 465 g/mol. The van der Waals surface area contributed by atoms with Crippen molar-refractivity contribution in [2.45, 2.75) is 38.8 Å². The van der Waals surface area contributed by atoms with E-state index in [0.717, 1.165) is 40.0 Å². The number of fused-ring (bicyclic) bond motifs is 1. The Kier molecular flexibility index (Phi) is 6.65. The van der Waals surface area contributed by atoms with E-state index in [1.165, 1.54) is 23.5 Å². The number of hydrogen-bond donors (Lipinski definition) is 2. The Morgan fingerprint density at radius 3 is 2.59 bits per heavy atom. The average Bonchev–Trinajstić information content (AvgIpc) is 3.42. The quantitative estimate of drug-likeness (QED) is 0.290. The number of ether oxygens (including phenoxy) is 1. The lowest BCUT2D eigenvalue weighted by Gasteiger charge is -2.08. The predicted octanol–water partition coefficient (Wildman–Crippen LogP) is 6.68. The van der Waals surface area contributed by atoms with E-state index in [2.05, 4.69) is 9.97 Å². The fourth-order valence-electron chi connectivity index (χ4n) is 3.75. The molecule has 2 N–H and O–H groups in total. The van der Waals surface area contributed by atoms with Gasteiger partial charge >= 0.3 is 12.1 Å². The van der Waals surface area contributed by atoms with Crippen LogP contribution in [0.3, 0.4) is 0 Å². The van der Waals surface area contributed by atoms with E-state index in [9.17, 15) is 23.1 Å². The molecule has 0 aliphatic carbocycles. The largest absolute Gasteiger partial charge is 0.493 e. The van der Waals surface area contributed by atoms with Gasteiger partial charge in [0.2, 0.25) is 0 Å². The third-order valence-corrected chi connectivity index (χ3v) is 6.98. The van der Waals surface area contributed by atoms with Crippen molar-refractivity contribution in [3.05, 3.63) is 70.4 Å². The van der Waals surface area contributed by atoms with Crippen LogP contribution in [0.2, 0.25) is 0 Å². The third-order valence-electron chi connectivity index (χ3n) is 5.69. The molecule has 0 bridgehead atoms. The molecular formula is C25H23F3N2O3S. The molecule has 0 saturated heterocycles. The Morgan fingerprint density at radius 1 is 1.21 bits per heavy atom. The summed E-state index contributed by atoms with van der Waals surface area (Å²) in [6.07, 6.45) is -1.35. The summed E-state index contributed by atoms with van der Waals surface area (Å²) >= 11 is 1.48. The van der Waals surface area contributed by atoms with Crippen molar-refractivity contribution in [1.82, 2.24) is 9.97 Å². The van der Waals surface area contributed by atoms with Crippen molar-refractivity contribution in [2.75, 3.05) is 6.61 Å². The highest BCUT2D eigenvalue weighted by Crippen LogP contribution is 2.34. The summed E-state index contributed by atoms with van der Waals surface area (Å²) in [4.78, 5) is 20.2. The minimum absolute atomic E-state index is 0.364. The zero-order valence-electron chi connectivity index (χ0n) is 18.6. The van der Waals surface area contributed by atoms with Gasteiger partial charge in [0, 0.05) is 34.0 Å². The number of nitrogens with one attached hydrogen (secondary N) is 1. The molecule has 0 aliphatic heterocycles. The van der Waals surface area contributed by atoms with Crippen LogP contribution in [0.25, 0.3) is 21.5 Å². The minimum Gasteiger partial charge on any atom is -0.493 e. The minimum atomic E-state index is -4.37. The molecule has 4 rings (SSSR count). The van der Waals surface area contributed by atoms with Crippen LogP contribution in [0.4, 0.5) is 13.2 Å². The van der Waals surface area contributed by atoms with Gasteiger partial charge in [-0.3, -0.25) is 4.79 Å². The molecule has 178 valence electrons. The Morgan fingerprint density at radius 2 is 1.94 bits per heavy atom. The van der Waals surface area contributed by atoms with Crippen LogP contribution < -0.4 is 4.74 Å². The normalized spacial score (nSPS) is 12.7. The molecule has 2 aromatic carbocycles. The van der Waals surface area contributed by atoms with E-state index >= 15 is 0 Å². The van der Waals surface area contributed by atoms with Gasteiger partial charge in [-0.2, -0.15) is 13.2 Å². The first-order valence-corrected chi connectivity index (χ1v) is 11.6. The third kappa shape index (κ3) is 4.94. The number of H-pyrrole nitrogens is 1. The second-order valence-electron chi connectivity index (χ2n) is 7.93. The molecule has 2 aromatic heterocycles. The molecule has 2 heterocycles. The Bertz CT molecular complexity index is 1310. The summed E-state index contributed by atoms with van der Waals surface area (Å²) in [5.74, 6) is -0.913. The molecule has 34 heavy (non-hydrogen) atoms. The molecule has 1 unspecified atom stereocenters. The number of carbonyl (C=O) groups is 1. The Hall–Kier alpha value is -3.33. The van der Waals surface area contributed by atoms with E-state index in [4.69, 9.17) is 4.74 Å². The molecule has 0 radical (unpaired) electrons. The molecule has 0 spiro atoms. The SMILES string of the molecule is CCc1sc(-c2ccc(C(F)(F)F)cc2)nc1CCOc1ccc2[nH]cc(C(C)C(=O)O)c2c1. The van der Waals surface area contributed by atoms with Crippen LogP contribution in [-0.2, 0) is 23.8 Å². The van der Waals surface area contributed by atoms with Crippen molar-refractivity contribution in [1.29, 1.82) is 0 Å². The van der Waals surface area contributed by atoms with E-state index in [-0.39, 0.29) is 0 Å². The number of alkyl halides is 3. The van der Waals surface area contributed by atoms with E-state index in [1.807, 2.05) is 25.1 Å². The number of aromatic nitrogens is 2. The van der Waals surface area contributed by atoms with Crippen LogP contribution in [-0.4, -0.2) is 27.7 Å². The van der Waals surface area contributed by atoms with E-state index in [1.54, 1.807) is 13.1 Å². The Labute approximate surface area is 198 Å². The lowest BCUT2D eigenvalue weighted by molar-refractivity contribution is -0.138. The molecule has 4 aromatic rings. The van der Waals surface area contributed by atoms with Gasteiger partial charge in [0.25, 0.3) is 0 Å². The number of thiazole rings is 1. The molecule has 5 nitrogen and oxygen atoms in total. The van der Waals surface area contributed by atoms with Crippen LogP contribution in [0.1, 0.15) is 41.5 Å². The van der Waals surface area contributed by atoms with Gasteiger partial charge in [0.1, 0.15) is 10.8 Å². The van der Waals surface area contributed by atoms with Gasteiger partial charge in [0.15, 0.2) is 0 Å². The number of halogens is 3. The highest BCUT2D eigenvalue weighted by Gasteiger charge is 2.30. The number of rotatable bonds is 8. The number of carboxylic acid groups (broad SMARTS) is 1. The summed E-state index contributed by atoms with van der Waals surface area (Å²) in [5.41, 5.74) is 2.37. The summed E-state index contributed by atoms with van der Waals surface area (Å²) in [7, 11) is 0. The maximum atomic E-state index is 12.8. The van der Waals surface area contributed by atoms with E-state index < -0.39 is 23.6 Å². The lowest BCUT2D eigenvalue weighted by Crippen LogP contribution is -2.06. The molecule has 9 heteroatoms. The molecule has 0 aliphatic rings. The summed E-state index contributed by atoms with van der Waals surface area (Å²) < 4.78 is 44.4. The summed E-state index contributed by atoms with van der Waals surface area (Å²) in [6, 6.07) is 10.5. The van der Waals surface area contributed by atoms with Gasteiger partial charge in [-0.15, -0.1) is 11.3 Å². The zero-order chi connectivity index (χ0) is 24.5. The number of aryl methyl sites for hydroxylation is 1. The van der Waals surface area contributed by atoms with Gasteiger partial charge in [-0.1, -0.05) is 19.1 Å². The summed E-state index contributed by atoms with van der Waals surface area (Å²) in [6.45, 7) is 4.02. The second-order valence-corrected chi connectivity index (χ2v) is 9.01. The highest BCUT2D eigenvalue weighted by atomic mass is 32.1. The fraction of sp³-hybridized carbons (Fsp3) is 0.280. The smallest absolute Gasteiger partial charge is 0.416 e. The highest BCUT2D eigenvalue weighted by molar-refractivity contribution is 7.15. The lowest BCUT2D eigenvalue weighted by atomic mass is 10.0. The Balaban J connectivity index is 1.47. The summed E-state index contributed by atoms with van der Waals surface area (Å²) in [5, 5.41) is 10.8. The number of carboxylic acids is 1. The van der Waals surface area contributed by atoms with Crippen molar-refractivity contribution in [2.24, 2.45) is 0 Å². The maximum Gasteiger partial charge on any atom is 0.416 e. The molecule has 0 amide bonds. The van der Waals surface area contributed by atoms with Crippen LogP contribution >= 0.6 is 11.3 Å². The molecule has 0 fully saturated rings. The van der Waals surface area contributed by atoms with Crippen molar-refractivity contribution < 1.29 is 27.8 Å².